The van der Waals surface area contributed by atoms with Crippen LogP contribution >= 0.6 is 0 Å². The molecule has 1 atom stereocenters. The second kappa shape index (κ2) is 6.67. The van der Waals surface area contributed by atoms with Crippen LogP contribution in [0, 0.1) is 0 Å². The highest BCUT2D eigenvalue weighted by molar-refractivity contribution is 5.80. The zero-order chi connectivity index (χ0) is 17.3. The number of benzene rings is 1. The molecule has 0 saturated carbocycles. The number of nitrogens with one attached hydrogen (secondary N) is 2. The molecule has 7 nitrogen and oxygen atoms in total. The Hall–Kier alpha value is -2.09. The third-order valence-electron chi connectivity index (χ3n) is 5.04. The zero-order valence-electron chi connectivity index (χ0n) is 14.0. The molecule has 3 heterocycles. The van der Waals surface area contributed by atoms with E-state index in [2.05, 4.69) is 15.2 Å². The standard InChI is InChI=1S/C18H23N3O4/c22-14(9-25-15-2-1-13-3-5-19-16(13)7-15)8-21-6-4-17(23)20-10-18(21)11-24-12-18/h1-3,5,7,14,19,22H,4,6,8-12H2,(H,20,23). The number of fused-ring (bicyclic) bond motifs is 1. The minimum atomic E-state index is -0.634. The molecule has 3 N–H and O–H groups in total. The van der Waals surface area contributed by atoms with E-state index in [1.54, 1.807) is 0 Å². The predicted octanol–water partition coefficient (Wildman–Crippen LogP) is 0.498. The molecule has 7 heteroatoms. The summed E-state index contributed by atoms with van der Waals surface area (Å²) in [5.74, 6) is 0.780. The normalized spacial score (nSPS) is 21.6. The maximum atomic E-state index is 11.7. The second-order valence-electron chi connectivity index (χ2n) is 6.88. The molecule has 1 aromatic heterocycles. The molecule has 2 aliphatic heterocycles. The van der Waals surface area contributed by atoms with Gasteiger partial charge >= 0.3 is 0 Å². The van der Waals surface area contributed by atoms with Crippen molar-refractivity contribution in [3.63, 3.8) is 0 Å². The minimum absolute atomic E-state index is 0.0544. The third-order valence-corrected chi connectivity index (χ3v) is 5.04. The SMILES string of the molecule is O=C1CCN(CC(O)COc2ccc3cc[nH]c3c2)C2(CN1)COC2. The lowest BCUT2D eigenvalue weighted by atomic mass is 9.94. The molecule has 1 amide bonds. The number of H-pyrrole nitrogens is 1. The van der Waals surface area contributed by atoms with Gasteiger partial charge in [0.2, 0.25) is 5.91 Å². The van der Waals surface area contributed by atoms with Crippen molar-refractivity contribution >= 4 is 16.8 Å². The molecule has 25 heavy (non-hydrogen) atoms. The Morgan fingerprint density at radius 3 is 3.04 bits per heavy atom. The van der Waals surface area contributed by atoms with E-state index in [9.17, 15) is 9.90 Å². The van der Waals surface area contributed by atoms with Crippen LogP contribution in [0.4, 0.5) is 0 Å². The molecule has 1 aromatic carbocycles. The summed E-state index contributed by atoms with van der Waals surface area (Å²) in [5.41, 5.74) is 0.825. The molecular weight excluding hydrogens is 322 g/mol. The summed E-state index contributed by atoms with van der Waals surface area (Å²) >= 11 is 0. The summed E-state index contributed by atoms with van der Waals surface area (Å²) in [6.07, 6.45) is 1.70. The van der Waals surface area contributed by atoms with Gasteiger partial charge in [0.05, 0.1) is 18.8 Å². The zero-order valence-corrected chi connectivity index (χ0v) is 14.0. The van der Waals surface area contributed by atoms with Gasteiger partial charge in [-0.05, 0) is 23.6 Å². The number of aromatic amines is 1. The molecule has 1 unspecified atom stereocenters. The van der Waals surface area contributed by atoms with Crippen molar-refractivity contribution in [3.05, 3.63) is 30.5 Å². The number of hydrogen-bond acceptors (Lipinski definition) is 5. The van der Waals surface area contributed by atoms with E-state index in [4.69, 9.17) is 9.47 Å². The first-order valence-electron chi connectivity index (χ1n) is 8.62. The van der Waals surface area contributed by atoms with Gasteiger partial charge in [0.1, 0.15) is 18.5 Å². The van der Waals surface area contributed by atoms with Gasteiger partial charge in [-0.15, -0.1) is 0 Å². The second-order valence-corrected chi connectivity index (χ2v) is 6.88. The van der Waals surface area contributed by atoms with Crippen molar-refractivity contribution in [2.45, 2.75) is 18.1 Å². The number of aromatic nitrogens is 1. The number of β-amino-alcohol motifs (C(OH)–C–C–N with tert-alkyl or cyclic N) is 1. The predicted molar refractivity (Wildman–Crippen MR) is 92.6 cm³/mol. The lowest BCUT2D eigenvalue weighted by Crippen LogP contribution is -2.67. The van der Waals surface area contributed by atoms with Crippen molar-refractivity contribution in [1.82, 2.24) is 15.2 Å². The number of amides is 1. The summed E-state index contributed by atoms with van der Waals surface area (Å²) in [5, 5.41) is 14.5. The monoisotopic (exact) mass is 345 g/mol. The van der Waals surface area contributed by atoms with Crippen LogP contribution in [-0.4, -0.2) is 72.0 Å². The number of carbonyl (C=O) groups is 1. The summed E-state index contributed by atoms with van der Waals surface area (Å²) in [4.78, 5) is 17.0. The molecule has 2 aromatic rings. The van der Waals surface area contributed by atoms with Gasteiger partial charge in [-0.3, -0.25) is 9.69 Å². The molecule has 2 fully saturated rings. The van der Waals surface area contributed by atoms with E-state index in [1.165, 1.54) is 0 Å². The highest BCUT2D eigenvalue weighted by atomic mass is 16.5. The Balaban J connectivity index is 1.35. The Bertz CT molecular complexity index is 756. The Labute approximate surface area is 145 Å². The summed E-state index contributed by atoms with van der Waals surface area (Å²) in [7, 11) is 0. The first kappa shape index (κ1) is 16.4. The number of hydrogen-bond donors (Lipinski definition) is 3. The number of aliphatic hydroxyl groups excluding tert-OH is 1. The number of nitrogens with zero attached hydrogens (tertiary/aromatic N) is 1. The first-order chi connectivity index (χ1) is 12.1. The van der Waals surface area contributed by atoms with E-state index < -0.39 is 6.10 Å². The minimum Gasteiger partial charge on any atom is -0.491 e. The fourth-order valence-corrected chi connectivity index (χ4v) is 3.46. The topological polar surface area (TPSA) is 86.8 Å². The molecule has 2 aliphatic rings. The van der Waals surface area contributed by atoms with Crippen LogP contribution in [0.3, 0.4) is 0 Å². The van der Waals surface area contributed by atoms with Crippen molar-refractivity contribution in [2.75, 3.05) is 39.5 Å². The quantitative estimate of drug-likeness (QED) is 0.735. The van der Waals surface area contributed by atoms with Crippen molar-refractivity contribution in [3.8, 4) is 5.75 Å². The Morgan fingerprint density at radius 1 is 1.36 bits per heavy atom. The Kier molecular flexibility index (Phi) is 4.37. The van der Waals surface area contributed by atoms with Crippen LogP contribution in [0.25, 0.3) is 10.9 Å². The van der Waals surface area contributed by atoms with Crippen LogP contribution in [-0.2, 0) is 9.53 Å². The first-order valence-corrected chi connectivity index (χ1v) is 8.62. The maximum absolute atomic E-state index is 11.7. The molecule has 2 saturated heterocycles. The number of aliphatic hydroxyl groups is 1. The van der Waals surface area contributed by atoms with Gasteiger partial charge in [-0.2, -0.15) is 0 Å². The van der Waals surface area contributed by atoms with Crippen LogP contribution < -0.4 is 10.1 Å². The molecule has 0 aliphatic carbocycles. The van der Waals surface area contributed by atoms with E-state index in [0.717, 1.165) is 16.7 Å². The van der Waals surface area contributed by atoms with E-state index in [1.807, 2.05) is 30.5 Å². The third kappa shape index (κ3) is 3.35. The Morgan fingerprint density at radius 2 is 2.24 bits per heavy atom. The number of rotatable bonds is 5. The maximum Gasteiger partial charge on any atom is 0.221 e. The molecule has 1 spiro atoms. The fraction of sp³-hybridized carbons (Fsp3) is 0.500. The average molecular weight is 345 g/mol. The molecule has 0 radical (unpaired) electrons. The van der Waals surface area contributed by atoms with Crippen molar-refractivity contribution in [1.29, 1.82) is 0 Å². The van der Waals surface area contributed by atoms with Crippen LogP contribution in [0.2, 0.25) is 0 Å². The van der Waals surface area contributed by atoms with Gasteiger partial charge in [0.15, 0.2) is 0 Å². The molecular formula is C18H23N3O4. The van der Waals surface area contributed by atoms with Gasteiger partial charge in [-0.1, -0.05) is 0 Å². The molecule has 134 valence electrons. The van der Waals surface area contributed by atoms with Crippen LogP contribution in [0.5, 0.6) is 5.75 Å². The van der Waals surface area contributed by atoms with E-state index >= 15 is 0 Å². The van der Waals surface area contributed by atoms with Crippen molar-refractivity contribution < 1.29 is 19.4 Å². The largest absolute Gasteiger partial charge is 0.491 e. The average Bonchev–Trinajstić information content (AvgIpc) is 2.97. The lowest BCUT2D eigenvalue weighted by Gasteiger charge is -2.49. The molecule has 4 rings (SSSR count). The van der Waals surface area contributed by atoms with Gasteiger partial charge in [-0.25, -0.2) is 0 Å². The summed E-state index contributed by atoms with van der Waals surface area (Å²) in [6, 6.07) is 7.82. The smallest absolute Gasteiger partial charge is 0.221 e. The van der Waals surface area contributed by atoms with Gasteiger partial charge in [0, 0.05) is 43.8 Å². The van der Waals surface area contributed by atoms with E-state index in [0.29, 0.717) is 39.3 Å². The highest BCUT2D eigenvalue weighted by Crippen LogP contribution is 2.27. The van der Waals surface area contributed by atoms with Crippen LogP contribution in [0.15, 0.2) is 30.5 Å². The van der Waals surface area contributed by atoms with Crippen molar-refractivity contribution in [2.24, 2.45) is 0 Å². The number of carbonyl (C=O) groups excluding carboxylic acids is 1. The van der Waals surface area contributed by atoms with E-state index in [-0.39, 0.29) is 18.1 Å². The molecule has 0 bridgehead atoms. The highest BCUT2D eigenvalue weighted by Gasteiger charge is 2.46. The fourth-order valence-electron chi connectivity index (χ4n) is 3.46. The van der Waals surface area contributed by atoms with Crippen LogP contribution in [0.1, 0.15) is 6.42 Å². The number of ether oxygens (including phenoxy) is 2. The summed E-state index contributed by atoms with van der Waals surface area (Å²) in [6.45, 7) is 3.04. The van der Waals surface area contributed by atoms with Gasteiger partial charge in [0.25, 0.3) is 0 Å². The lowest BCUT2D eigenvalue weighted by molar-refractivity contribution is -0.143. The van der Waals surface area contributed by atoms with Gasteiger partial charge < -0.3 is 24.9 Å². The summed E-state index contributed by atoms with van der Waals surface area (Å²) < 4.78 is 11.1.